The maximum Gasteiger partial charge on any atom is 0.302 e. The molecule has 0 aliphatic heterocycles. The lowest BCUT2D eigenvalue weighted by Crippen LogP contribution is -2.51. The number of esters is 1. The van der Waals surface area contributed by atoms with E-state index in [0.29, 0.717) is 10.8 Å². The smallest absolute Gasteiger partial charge is 0.302 e. The van der Waals surface area contributed by atoms with Crippen LogP contribution in [-0.2, 0) is 9.53 Å². The average Bonchev–Trinajstić information content (AvgIpc) is 3.04. The number of ether oxygens (including phenoxy) is 1. The van der Waals surface area contributed by atoms with Crippen LogP contribution in [0.5, 0.6) is 0 Å². The molecule has 0 bridgehead atoms. The second kappa shape index (κ2) is 8.75. The van der Waals surface area contributed by atoms with Crippen LogP contribution in [0, 0.1) is 40.4 Å². The van der Waals surface area contributed by atoms with Gasteiger partial charge in [0.2, 0.25) is 0 Å². The van der Waals surface area contributed by atoms with Crippen molar-refractivity contribution >= 4 is 5.97 Å². The first kappa shape index (κ1) is 24.3. The summed E-state index contributed by atoms with van der Waals surface area (Å²) in [6, 6.07) is 0. The zero-order chi connectivity index (χ0) is 23.3. The molecule has 0 saturated heterocycles. The summed E-state index contributed by atoms with van der Waals surface area (Å²) in [4.78, 5) is 11.5. The minimum Gasteiger partial charge on any atom is -0.462 e. The van der Waals surface area contributed by atoms with Gasteiger partial charge in [-0.25, -0.2) is 0 Å². The van der Waals surface area contributed by atoms with Crippen molar-refractivity contribution < 1.29 is 14.6 Å². The fourth-order valence-corrected chi connectivity index (χ4v) is 9.00. The molecule has 3 heteroatoms. The molecule has 0 amide bonds. The Balaban J connectivity index is 1.45. The molecule has 0 aromatic carbocycles. The van der Waals surface area contributed by atoms with Gasteiger partial charge >= 0.3 is 5.97 Å². The Labute approximate surface area is 196 Å². The summed E-state index contributed by atoms with van der Waals surface area (Å²) in [6.45, 7) is 13.1. The second-order valence-electron chi connectivity index (χ2n) is 13.1. The van der Waals surface area contributed by atoms with E-state index < -0.39 is 5.60 Å². The van der Waals surface area contributed by atoms with Gasteiger partial charge < -0.3 is 9.84 Å². The van der Waals surface area contributed by atoms with Crippen LogP contribution >= 0.6 is 0 Å². The molecular formula is C29H48O3. The van der Waals surface area contributed by atoms with Crippen molar-refractivity contribution in [3.8, 4) is 0 Å². The summed E-state index contributed by atoms with van der Waals surface area (Å²) in [7, 11) is 0. The SMILES string of the molecule is CC(=O)OC1CC[C@@]2(C)C(=CCC3C2CC[C@@]2(C)C3CC[C@@H]2[C@H](C)CCCC(C)(C)O)C1. The van der Waals surface area contributed by atoms with E-state index in [2.05, 4.69) is 26.8 Å². The molecule has 3 fully saturated rings. The molecule has 4 unspecified atom stereocenters. The Morgan fingerprint density at radius 2 is 1.94 bits per heavy atom. The highest BCUT2D eigenvalue weighted by Gasteiger charge is 2.59. The summed E-state index contributed by atoms with van der Waals surface area (Å²) < 4.78 is 5.60. The van der Waals surface area contributed by atoms with E-state index in [1.807, 2.05) is 13.8 Å². The first-order chi connectivity index (χ1) is 14.9. The predicted octanol–water partition coefficient (Wildman–Crippen LogP) is 7.07. The van der Waals surface area contributed by atoms with Crippen LogP contribution in [0.4, 0.5) is 0 Å². The standard InChI is InChI=1S/C29H48O3/c1-19(8-7-15-27(3,4)31)24-11-12-25-23-10-9-21-18-22(32-20(2)30)13-16-28(21,5)26(23)14-17-29(24,25)6/h9,19,22-26,31H,7-8,10-18H2,1-6H3/t19-,22?,23?,24-,25?,26?,28+,29-/m1/s1. The van der Waals surface area contributed by atoms with E-state index in [4.69, 9.17) is 4.74 Å². The minimum absolute atomic E-state index is 0.0952. The van der Waals surface area contributed by atoms with Crippen LogP contribution < -0.4 is 0 Å². The van der Waals surface area contributed by atoms with Gasteiger partial charge in [-0.1, -0.05) is 45.3 Å². The van der Waals surface area contributed by atoms with Crippen LogP contribution in [0.1, 0.15) is 112 Å². The molecule has 4 aliphatic carbocycles. The number of carbonyl (C=O) groups is 1. The highest BCUT2D eigenvalue weighted by atomic mass is 16.5. The van der Waals surface area contributed by atoms with Gasteiger partial charge in [0.05, 0.1) is 5.60 Å². The lowest BCUT2D eigenvalue weighted by atomic mass is 9.47. The second-order valence-corrected chi connectivity index (χ2v) is 13.1. The quantitative estimate of drug-likeness (QED) is 0.352. The van der Waals surface area contributed by atoms with Crippen molar-refractivity contribution in [3.05, 3.63) is 11.6 Å². The highest BCUT2D eigenvalue weighted by Crippen LogP contribution is 2.67. The number of rotatable bonds is 6. The molecule has 182 valence electrons. The molecule has 0 radical (unpaired) electrons. The maximum absolute atomic E-state index is 11.5. The van der Waals surface area contributed by atoms with Crippen molar-refractivity contribution in [2.45, 2.75) is 124 Å². The van der Waals surface area contributed by atoms with Crippen molar-refractivity contribution in [1.29, 1.82) is 0 Å². The van der Waals surface area contributed by atoms with E-state index in [1.165, 1.54) is 44.9 Å². The van der Waals surface area contributed by atoms with Gasteiger partial charge in [-0.05, 0) is 106 Å². The Kier molecular flexibility index (Phi) is 6.64. The topological polar surface area (TPSA) is 46.5 Å². The first-order valence-electron chi connectivity index (χ1n) is 13.5. The summed E-state index contributed by atoms with van der Waals surface area (Å²) in [6.07, 6.45) is 15.9. The summed E-state index contributed by atoms with van der Waals surface area (Å²) >= 11 is 0. The van der Waals surface area contributed by atoms with Gasteiger partial charge in [0, 0.05) is 13.3 Å². The van der Waals surface area contributed by atoms with Gasteiger partial charge in [-0.15, -0.1) is 0 Å². The largest absolute Gasteiger partial charge is 0.462 e. The Bertz CT molecular complexity index is 733. The van der Waals surface area contributed by atoms with E-state index >= 15 is 0 Å². The van der Waals surface area contributed by atoms with Crippen molar-refractivity contribution in [3.63, 3.8) is 0 Å². The average molecular weight is 445 g/mol. The van der Waals surface area contributed by atoms with Crippen molar-refractivity contribution in [1.82, 2.24) is 0 Å². The molecule has 3 saturated carbocycles. The third-order valence-electron chi connectivity index (χ3n) is 10.6. The molecule has 4 rings (SSSR count). The molecule has 0 heterocycles. The summed E-state index contributed by atoms with van der Waals surface area (Å²) in [5.41, 5.74) is 1.87. The predicted molar refractivity (Wildman–Crippen MR) is 130 cm³/mol. The lowest BCUT2D eigenvalue weighted by Gasteiger charge is -2.58. The molecule has 0 aromatic heterocycles. The van der Waals surface area contributed by atoms with Crippen molar-refractivity contribution in [2.75, 3.05) is 0 Å². The van der Waals surface area contributed by atoms with Gasteiger partial charge in [0.15, 0.2) is 0 Å². The third kappa shape index (κ3) is 4.44. The van der Waals surface area contributed by atoms with E-state index in [-0.39, 0.29) is 12.1 Å². The first-order valence-corrected chi connectivity index (χ1v) is 13.5. The van der Waals surface area contributed by atoms with Gasteiger partial charge in [-0.3, -0.25) is 4.79 Å². The number of carbonyl (C=O) groups excluding carboxylic acids is 1. The Morgan fingerprint density at radius 1 is 1.19 bits per heavy atom. The molecular weight excluding hydrogens is 396 g/mol. The number of aliphatic hydroxyl groups is 1. The Hall–Kier alpha value is -0.830. The third-order valence-corrected chi connectivity index (χ3v) is 10.6. The molecule has 8 atom stereocenters. The van der Waals surface area contributed by atoms with Crippen LogP contribution in [0.3, 0.4) is 0 Å². The van der Waals surface area contributed by atoms with E-state index in [9.17, 15) is 9.90 Å². The molecule has 1 N–H and O–H groups in total. The fraction of sp³-hybridized carbons (Fsp3) is 0.897. The van der Waals surface area contributed by atoms with Crippen LogP contribution in [-0.4, -0.2) is 22.8 Å². The zero-order valence-electron chi connectivity index (χ0n) is 21.6. The number of hydrogen-bond donors (Lipinski definition) is 1. The number of hydrogen-bond acceptors (Lipinski definition) is 3. The number of fused-ring (bicyclic) bond motifs is 5. The van der Waals surface area contributed by atoms with Crippen LogP contribution in [0.25, 0.3) is 0 Å². The molecule has 32 heavy (non-hydrogen) atoms. The minimum atomic E-state index is -0.532. The van der Waals surface area contributed by atoms with Crippen LogP contribution in [0.2, 0.25) is 0 Å². The summed E-state index contributed by atoms with van der Waals surface area (Å²) in [5, 5.41) is 10.1. The highest BCUT2D eigenvalue weighted by molar-refractivity contribution is 5.66. The van der Waals surface area contributed by atoms with Crippen molar-refractivity contribution in [2.24, 2.45) is 40.4 Å². The molecule has 0 aromatic rings. The summed E-state index contributed by atoms with van der Waals surface area (Å²) in [5.74, 6) is 3.98. The van der Waals surface area contributed by atoms with E-state index in [0.717, 1.165) is 55.3 Å². The van der Waals surface area contributed by atoms with E-state index in [1.54, 1.807) is 12.5 Å². The molecule has 0 spiro atoms. The normalized spacial score (nSPS) is 42.3. The van der Waals surface area contributed by atoms with Gasteiger partial charge in [0.1, 0.15) is 6.10 Å². The monoisotopic (exact) mass is 444 g/mol. The molecule has 3 nitrogen and oxygen atoms in total. The number of allylic oxidation sites excluding steroid dienone is 1. The van der Waals surface area contributed by atoms with Gasteiger partial charge in [0.25, 0.3) is 0 Å². The fourth-order valence-electron chi connectivity index (χ4n) is 9.00. The lowest BCUT2D eigenvalue weighted by molar-refractivity contribution is -0.148. The zero-order valence-corrected chi connectivity index (χ0v) is 21.6. The van der Waals surface area contributed by atoms with Gasteiger partial charge in [-0.2, -0.15) is 0 Å². The molecule has 4 aliphatic rings. The van der Waals surface area contributed by atoms with Crippen LogP contribution in [0.15, 0.2) is 11.6 Å². The Morgan fingerprint density at radius 3 is 2.62 bits per heavy atom. The maximum atomic E-state index is 11.5.